The summed E-state index contributed by atoms with van der Waals surface area (Å²) in [5, 5.41) is 11.7. The minimum Gasteiger partial charge on any atom is -0.481 e. The summed E-state index contributed by atoms with van der Waals surface area (Å²) < 4.78 is 0. The Balaban J connectivity index is 2.25. The number of carboxylic acid groups (broad SMARTS) is 1. The van der Waals surface area contributed by atoms with Crippen LogP contribution < -0.4 is 5.32 Å². The Bertz CT molecular complexity index is 301. The summed E-state index contributed by atoms with van der Waals surface area (Å²) in [6, 6.07) is 4.11. The number of nitrogens with one attached hydrogen (secondary N) is 1. The summed E-state index contributed by atoms with van der Waals surface area (Å²) in [5.41, 5.74) is 1.12. The van der Waals surface area contributed by atoms with Crippen LogP contribution in [0.5, 0.6) is 0 Å². The predicted octanol–water partition coefficient (Wildman–Crippen LogP) is 1.60. The zero-order chi connectivity index (χ0) is 11.1. The molecule has 0 fully saturated rings. The molecule has 1 aromatic rings. The molecule has 0 saturated carbocycles. The number of aliphatic carboxylic acids is 1. The van der Waals surface area contributed by atoms with Crippen molar-refractivity contribution in [2.75, 3.05) is 6.54 Å². The fraction of sp³-hybridized carbons (Fsp3) is 0.455. The molecule has 0 radical (unpaired) electrons. The Hall–Kier alpha value is -1.42. The summed E-state index contributed by atoms with van der Waals surface area (Å²) in [5.74, 6) is -0.745. The van der Waals surface area contributed by atoms with Gasteiger partial charge in [-0.2, -0.15) is 0 Å². The quantitative estimate of drug-likeness (QED) is 0.697. The summed E-state index contributed by atoms with van der Waals surface area (Å²) in [6.45, 7) is 2.75. The average Bonchev–Trinajstić information content (AvgIpc) is 2.25. The second kappa shape index (κ2) is 6.14. The molecule has 0 aliphatic rings. The van der Waals surface area contributed by atoms with Gasteiger partial charge in [-0.1, -0.05) is 6.07 Å². The highest BCUT2D eigenvalue weighted by molar-refractivity contribution is 5.66. The van der Waals surface area contributed by atoms with E-state index in [1.807, 2.05) is 25.3 Å². The van der Waals surface area contributed by atoms with Crippen molar-refractivity contribution in [1.29, 1.82) is 0 Å². The van der Waals surface area contributed by atoms with Crippen LogP contribution in [0.4, 0.5) is 0 Å². The standard InChI is InChI=1S/C11H16N2O2/c1-9(10-4-2-6-12-8-10)13-7-3-5-11(14)15/h2,4,6,8-9,13H,3,5,7H2,1H3,(H,14,15)/t9-/m0/s1. The number of carbonyl (C=O) groups is 1. The Labute approximate surface area is 89.3 Å². The lowest BCUT2D eigenvalue weighted by Gasteiger charge is -2.12. The first kappa shape index (κ1) is 11.7. The van der Waals surface area contributed by atoms with Gasteiger partial charge in [-0.05, 0) is 31.5 Å². The molecule has 15 heavy (non-hydrogen) atoms. The average molecular weight is 208 g/mol. The van der Waals surface area contributed by atoms with Crippen molar-refractivity contribution in [3.63, 3.8) is 0 Å². The first-order valence-corrected chi connectivity index (χ1v) is 5.05. The number of hydrogen-bond acceptors (Lipinski definition) is 3. The van der Waals surface area contributed by atoms with Gasteiger partial charge in [0.1, 0.15) is 0 Å². The van der Waals surface area contributed by atoms with Crippen molar-refractivity contribution in [2.24, 2.45) is 0 Å². The Morgan fingerprint density at radius 2 is 2.47 bits per heavy atom. The van der Waals surface area contributed by atoms with E-state index >= 15 is 0 Å². The third-order valence-corrected chi connectivity index (χ3v) is 2.20. The maximum absolute atomic E-state index is 10.3. The van der Waals surface area contributed by atoms with Crippen molar-refractivity contribution in [2.45, 2.75) is 25.8 Å². The molecule has 0 amide bonds. The Kier molecular flexibility index (Phi) is 4.77. The molecule has 0 aromatic carbocycles. The van der Waals surface area contributed by atoms with Crippen LogP contribution in [0.2, 0.25) is 0 Å². The first-order valence-electron chi connectivity index (χ1n) is 5.05. The largest absolute Gasteiger partial charge is 0.481 e. The van der Waals surface area contributed by atoms with E-state index in [2.05, 4.69) is 10.3 Å². The van der Waals surface area contributed by atoms with Gasteiger partial charge in [0.2, 0.25) is 0 Å². The fourth-order valence-electron chi connectivity index (χ4n) is 1.31. The number of carboxylic acids is 1. The Morgan fingerprint density at radius 1 is 1.67 bits per heavy atom. The van der Waals surface area contributed by atoms with Gasteiger partial charge < -0.3 is 10.4 Å². The van der Waals surface area contributed by atoms with Gasteiger partial charge in [-0.25, -0.2) is 0 Å². The Morgan fingerprint density at radius 3 is 3.07 bits per heavy atom. The lowest BCUT2D eigenvalue weighted by atomic mass is 10.1. The zero-order valence-corrected chi connectivity index (χ0v) is 8.81. The number of aromatic nitrogens is 1. The number of pyridine rings is 1. The smallest absolute Gasteiger partial charge is 0.303 e. The second-order valence-corrected chi connectivity index (χ2v) is 3.46. The SMILES string of the molecule is C[C@H](NCCCC(=O)O)c1cccnc1. The molecule has 0 aliphatic carbocycles. The predicted molar refractivity (Wildman–Crippen MR) is 57.5 cm³/mol. The zero-order valence-electron chi connectivity index (χ0n) is 8.81. The topological polar surface area (TPSA) is 62.2 Å². The van der Waals surface area contributed by atoms with Crippen LogP contribution >= 0.6 is 0 Å². The number of rotatable bonds is 6. The van der Waals surface area contributed by atoms with Gasteiger partial charge in [0.15, 0.2) is 0 Å². The van der Waals surface area contributed by atoms with Gasteiger partial charge in [-0.15, -0.1) is 0 Å². The number of hydrogen-bond donors (Lipinski definition) is 2. The van der Waals surface area contributed by atoms with Crippen LogP contribution in [-0.2, 0) is 4.79 Å². The third-order valence-electron chi connectivity index (χ3n) is 2.20. The monoisotopic (exact) mass is 208 g/mol. The molecule has 1 atom stereocenters. The minimum atomic E-state index is -0.745. The molecule has 82 valence electrons. The van der Waals surface area contributed by atoms with Crippen LogP contribution in [0.1, 0.15) is 31.4 Å². The molecule has 1 aromatic heterocycles. The summed E-state index contributed by atoms with van der Waals surface area (Å²) >= 11 is 0. The second-order valence-electron chi connectivity index (χ2n) is 3.46. The van der Waals surface area contributed by atoms with E-state index in [4.69, 9.17) is 5.11 Å². The molecule has 4 heteroatoms. The summed E-state index contributed by atoms with van der Waals surface area (Å²) in [6.07, 6.45) is 4.42. The maximum Gasteiger partial charge on any atom is 0.303 e. The summed E-state index contributed by atoms with van der Waals surface area (Å²) in [7, 11) is 0. The van der Waals surface area contributed by atoms with E-state index < -0.39 is 5.97 Å². The molecular formula is C11H16N2O2. The van der Waals surface area contributed by atoms with E-state index in [-0.39, 0.29) is 12.5 Å². The molecule has 4 nitrogen and oxygen atoms in total. The minimum absolute atomic E-state index is 0.215. The molecule has 0 unspecified atom stereocenters. The molecule has 0 bridgehead atoms. The van der Waals surface area contributed by atoms with Crippen LogP contribution in [0.15, 0.2) is 24.5 Å². The van der Waals surface area contributed by atoms with Crippen molar-refractivity contribution < 1.29 is 9.90 Å². The van der Waals surface area contributed by atoms with E-state index in [9.17, 15) is 4.79 Å². The van der Waals surface area contributed by atoms with Crippen LogP contribution in [0.3, 0.4) is 0 Å². The fourth-order valence-corrected chi connectivity index (χ4v) is 1.31. The molecule has 1 heterocycles. The van der Waals surface area contributed by atoms with Crippen molar-refractivity contribution in [3.05, 3.63) is 30.1 Å². The van der Waals surface area contributed by atoms with Crippen LogP contribution in [-0.4, -0.2) is 22.6 Å². The highest BCUT2D eigenvalue weighted by Gasteiger charge is 2.04. The first-order chi connectivity index (χ1) is 7.20. The highest BCUT2D eigenvalue weighted by Crippen LogP contribution is 2.09. The van der Waals surface area contributed by atoms with Crippen LogP contribution in [0, 0.1) is 0 Å². The molecule has 1 rings (SSSR count). The highest BCUT2D eigenvalue weighted by atomic mass is 16.4. The lowest BCUT2D eigenvalue weighted by molar-refractivity contribution is -0.137. The normalized spacial score (nSPS) is 12.3. The summed E-state index contributed by atoms with van der Waals surface area (Å²) in [4.78, 5) is 14.3. The molecule has 2 N–H and O–H groups in total. The van der Waals surface area contributed by atoms with Crippen LogP contribution in [0.25, 0.3) is 0 Å². The maximum atomic E-state index is 10.3. The van der Waals surface area contributed by atoms with Gasteiger partial charge in [0, 0.05) is 24.9 Å². The van der Waals surface area contributed by atoms with E-state index in [1.165, 1.54) is 0 Å². The van der Waals surface area contributed by atoms with Crippen molar-refractivity contribution >= 4 is 5.97 Å². The lowest BCUT2D eigenvalue weighted by Crippen LogP contribution is -2.20. The molecule has 0 spiro atoms. The van der Waals surface area contributed by atoms with Gasteiger partial charge >= 0.3 is 5.97 Å². The molecule has 0 aliphatic heterocycles. The van der Waals surface area contributed by atoms with Crippen molar-refractivity contribution in [1.82, 2.24) is 10.3 Å². The molecule has 0 saturated heterocycles. The van der Waals surface area contributed by atoms with Gasteiger partial charge in [0.25, 0.3) is 0 Å². The third kappa shape index (κ3) is 4.56. The molecular weight excluding hydrogens is 192 g/mol. The van der Waals surface area contributed by atoms with E-state index in [1.54, 1.807) is 6.20 Å². The van der Waals surface area contributed by atoms with Crippen molar-refractivity contribution in [3.8, 4) is 0 Å². The number of nitrogens with zero attached hydrogens (tertiary/aromatic N) is 1. The van der Waals surface area contributed by atoms with Gasteiger partial charge in [0.05, 0.1) is 0 Å². The van der Waals surface area contributed by atoms with E-state index in [0.717, 1.165) is 5.56 Å². The van der Waals surface area contributed by atoms with E-state index in [0.29, 0.717) is 13.0 Å². The van der Waals surface area contributed by atoms with Gasteiger partial charge in [-0.3, -0.25) is 9.78 Å².